The highest BCUT2D eigenvalue weighted by atomic mass is 32.1. The molecule has 0 fully saturated rings. The molecule has 11 aromatic rings. The van der Waals surface area contributed by atoms with Crippen molar-refractivity contribution >= 4 is 53.3 Å². The SMILES string of the molecule is c1ccc(-c2nc(-c3ccc(-c4cccnc4)cc3)nc(-c3ccc(-c4ccc5c(c4)c4cc6sc7ccccc7c6cc4n5-c4ccccc4)cc3)n2)cc1. The molecule has 4 heterocycles. The van der Waals surface area contributed by atoms with E-state index in [0.717, 1.165) is 44.6 Å². The van der Waals surface area contributed by atoms with Gasteiger partial charge in [-0.05, 0) is 70.8 Å². The molecular formula is C50H31N5S. The number of hydrogen-bond donors (Lipinski definition) is 0. The van der Waals surface area contributed by atoms with Crippen LogP contribution in [0.25, 0.3) is 104 Å². The third-order valence-corrected chi connectivity index (χ3v) is 11.7. The maximum absolute atomic E-state index is 5.02. The highest BCUT2D eigenvalue weighted by molar-refractivity contribution is 7.25. The summed E-state index contributed by atoms with van der Waals surface area (Å²) in [7, 11) is 0. The number of nitrogens with zero attached hydrogens (tertiary/aromatic N) is 5. The summed E-state index contributed by atoms with van der Waals surface area (Å²) in [6.07, 6.45) is 3.66. The fourth-order valence-electron chi connectivity index (χ4n) is 7.78. The molecule has 5 nitrogen and oxygen atoms in total. The molecule has 0 spiro atoms. The number of para-hydroxylation sites is 1. The standard InChI is InChI=1S/C50H31N5S/c1-3-10-34(11-4-1)48-52-49(54-50(53-48)36-23-19-33(20-24-36)38-12-9-27-51-31-38)35-21-17-32(18-22-35)37-25-26-44-41(28-37)42-30-47-43(40-15-7-8-16-46(40)56-47)29-45(42)55(44)39-13-5-2-6-14-39/h1-31H. The van der Waals surface area contributed by atoms with Crippen molar-refractivity contribution in [3.63, 3.8) is 0 Å². The first-order chi connectivity index (χ1) is 27.7. The number of hydrogen-bond acceptors (Lipinski definition) is 5. The molecule has 56 heavy (non-hydrogen) atoms. The van der Waals surface area contributed by atoms with Crippen LogP contribution in [0.1, 0.15) is 0 Å². The Bertz CT molecular complexity index is 3210. The summed E-state index contributed by atoms with van der Waals surface area (Å²) in [5.41, 5.74) is 10.8. The van der Waals surface area contributed by atoms with Crippen LogP contribution in [0.4, 0.5) is 0 Å². The van der Waals surface area contributed by atoms with Gasteiger partial charge in [-0.2, -0.15) is 0 Å². The number of rotatable bonds is 6. The van der Waals surface area contributed by atoms with E-state index in [1.54, 1.807) is 6.20 Å². The second kappa shape index (κ2) is 13.2. The van der Waals surface area contributed by atoms with Gasteiger partial charge in [0.05, 0.1) is 11.0 Å². The van der Waals surface area contributed by atoms with E-state index in [1.165, 1.54) is 42.0 Å². The maximum atomic E-state index is 5.02. The monoisotopic (exact) mass is 733 g/mol. The summed E-state index contributed by atoms with van der Waals surface area (Å²) < 4.78 is 5.02. The smallest absolute Gasteiger partial charge is 0.164 e. The lowest BCUT2D eigenvalue weighted by Gasteiger charge is -2.10. The highest BCUT2D eigenvalue weighted by Crippen LogP contribution is 2.41. The quantitative estimate of drug-likeness (QED) is 0.171. The lowest BCUT2D eigenvalue weighted by atomic mass is 10.0. The normalized spacial score (nSPS) is 11.6. The van der Waals surface area contributed by atoms with Crippen molar-refractivity contribution in [2.24, 2.45) is 0 Å². The molecule has 0 bridgehead atoms. The van der Waals surface area contributed by atoms with Gasteiger partial charge in [0.15, 0.2) is 17.5 Å². The number of pyridine rings is 1. The Balaban J connectivity index is 1.00. The van der Waals surface area contributed by atoms with Crippen LogP contribution in [0, 0.1) is 0 Å². The van der Waals surface area contributed by atoms with Crippen molar-refractivity contribution in [3.8, 4) is 62.1 Å². The lowest BCUT2D eigenvalue weighted by Crippen LogP contribution is -2.00. The van der Waals surface area contributed by atoms with Crippen LogP contribution >= 0.6 is 11.3 Å². The average Bonchev–Trinajstić information content (AvgIpc) is 3.80. The minimum Gasteiger partial charge on any atom is -0.309 e. The summed E-state index contributed by atoms with van der Waals surface area (Å²) in [6, 6.07) is 62.0. The Morgan fingerprint density at radius 2 is 0.911 bits per heavy atom. The van der Waals surface area contributed by atoms with Gasteiger partial charge in [-0.1, -0.05) is 127 Å². The second-order valence-electron chi connectivity index (χ2n) is 13.9. The Kier molecular flexibility index (Phi) is 7.60. The van der Waals surface area contributed by atoms with Gasteiger partial charge < -0.3 is 4.57 Å². The Hall–Kier alpha value is -7.28. The fraction of sp³-hybridized carbons (Fsp3) is 0. The predicted octanol–water partition coefficient (Wildman–Crippen LogP) is 13.1. The zero-order valence-corrected chi connectivity index (χ0v) is 30.9. The molecule has 4 aromatic heterocycles. The number of fused-ring (bicyclic) bond motifs is 6. The van der Waals surface area contributed by atoms with Crippen LogP contribution in [0.5, 0.6) is 0 Å². The van der Waals surface area contributed by atoms with E-state index in [9.17, 15) is 0 Å². The zero-order chi connectivity index (χ0) is 37.0. The molecule has 0 radical (unpaired) electrons. The van der Waals surface area contributed by atoms with E-state index in [1.807, 2.05) is 53.9 Å². The lowest BCUT2D eigenvalue weighted by molar-refractivity contribution is 1.07. The summed E-state index contributed by atoms with van der Waals surface area (Å²) in [5.74, 6) is 1.90. The highest BCUT2D eigenvalue weighted by Gasteiger charge is 2.17. The minimum absolute atomic E-state index is 0.628. The van der Waals surface area contributed by atoms with Crippen molar-refractivity contribution in [1.29, 1.82) is 0 Å². The first-order valence-electron chi connectivity index (χ1n) is 18.6. The van der Waals surface area contributed by atoms with E-state index in [4.69, 9.17) is 15.0 Å². The van der Waals surface area contributed by atoms with Gasteiger partial charge >= 0.3 is 0 Å². The van der Waals surface area contributed by atoms with E-state index in [0.29, 0.717) is 17.5 Å². The van der Waals surface area contributed by atoms with Gasteiger partial charge in [0.25, 0.3) is 0 Å². The fourth-order valence-corrected chi connectivity index (χ4v) is 8.91. The van der Waals surface area contributed by atoms with Crippen molar-refractivity contribution in [2.45, 2.75) is 0 Å². The second-order valence-corrected chi connectivity index (χ2v) is 15.0. The maximum Gasteiger partial charge on any atom is 0.164 e. The van der Waals surface area contributed by atoms with Crippen molar-refractivity contribution in [3.05, 3.63) is 188 Å². The van der Waals surface area contributed by atoms with E-state index in [2.05, 4.69) is 149 Å². The predicted molar refractivity (Wildman–Crippen MR) is 232 cm³/mol. The molecule has 11 rings (SSSR count). The van der Waals surface area contributed by atoms with Crippen LogP contribution in [-0.4, -0.2) is 24.5 Å². The molecule has 262 valence electrons. The number of aromatic nitrogens is 5. The third-order valence-electron chi connectivity index (χ3n) is 10.6. The van der Waals surface area contributed by atoms with Gasteiger partial charge in [0.2, 0.25) is 0 Å². The molecule has 0 unspecified atom stereocenters. The summed E-state index contributed by atoms with van der Waals surface area (Å²) in [6.45, 7) is 0. The summed E-state index contributed by atoms with van der Waals surface area (Å²) in [4.78, 5) is 19.2. The van der Waals surface area contributed by atoms with E-state index < -0.39 is 0 Å². The summed E-state index contributed by atoms with van der Waals surface area (Å²) in [5, 5.41) is 5.09. The molecule has 0 aliphatic heterocycles. The summed E-state index contributed by atoms with van der Waals surface area (Å²) >= 11 is 1.86. The van der Waals surface area contributed by atoms with Gasteiger partial charge in [-0.25, -0.2) is 15.0 Å². The molecule has 0 N–H and O–H groups in total. The molecule has 0 atom stereocenters. The zero-order valence-electron chi connectivity index (χ0n) is 30.0. The molecule has 7 aromatic carbocycles. The van der Waals surface area contributed by atoms with E-state index in [-0.39, 0.29) is 0 Å². The molecule has 0 saturated carbocycles. The van der Waals surface area contributed by atoms with Gasteiger partial charge in [0, 0.05) is 65.7 Å². The molecule has 0 saturated heterocycles. The van der Waals surface area contributed by atoms with E-state index >= 15 is 0 Å². The van der Waals surface area contributed by atoms with Gasteiger partial charge in [-0.15, -0.1) is 11.3 Å². The van der Waals surface area contributed by atoms with Crippen LogP contribution < -0.4 is 0 Å². The van der Waals surface area contributed by atoms with Crippen molar-refractivity contribution < 1.29 is 0 Å². The van der Waals surface area contributed by atoms with Crippen LogP contribution in [0.3, 0.4) is 0 Å². The first kappa shape index (κ1) is 32.2. The average molecular weight is 734 g/mol. The first-order valence-corrected chi connectivity index (χ1v) is 19.4. The third kappa shape index (κ3) is 5.54. The number of thiophene rings is 1. The van der Waals surface area contributed by atoms with Gasteiger partial charge in [0.1, 0.15) is 0 Å². The molecule has 0 amide bonds. The molecule has 0 aliphatic rings. The largest absolute Gasteiger partial charge is 0.309 e. The van der Waals surface area contributed by atoms with Crippen LogP contribution in [-0.2, 0) is 0 Å². The van der Waals surface area contributed by atoms with Crippen molar-refractivity contribution in [2.75, 3.05) is 0 Å². The Morgan fingerprint density at radius 1 is 0.357 bits per heavy atom. The Morgan fingerprint density at radius 3 is 1.59 bits per heavy atom. The van der Waals surface area contributed by atoms with Crippen molar-refractivity contribution in [1.82, 2.24) is 24.5 Å². The minimum atomic E-state index is 0.628. The topological polar surface area (TPSA) is 56.5 Å². The van der Waals surface area contributed by atoms with Crippen LogP contribution in [0.15, 0.2) is 188 Å². The van der Waals surface area contributed by atoms with Crippen LogP contribution in [0.2, 0.25) is 0 Å². The van der Waals surface area contributed by atoms with Gasteiger partial charge in [-0.3, -0.25) is 4.98 Å². The molecule has 6 heteroatoms. The molecular weight excluding hydrogens is 703 g/mol. The molecule has 0 aliphatic carbocycles. The number of benzene rings is 7. The Labute approximate surface area is 326 Å².